The molecule has 3 rings (SSSR count). The Bertz CT molecular complexity index is 1160. The molecule has 0 radical (unpaired) electrons. The van der Waals surface area contributed by atoms with E-state index < -0.39 is 11.9 Å². The first kappa shape index (κ1) is 23.7. The van der Waals surface area contributed by atoms with E-state index in [0.717, 1.165) is 23.0 Å². The highest BCUT2D eigenvalue weighted by molar-refractivity contribution is 6.00. The van der Waals surface area contributed by atoms with Gasteiger partial charge in [0, 0.05) is 36.6 Å². The number of nitrogens with one attached hydrogen (secondary N) is 2. The predicted octanol–water partition coefficient (Wildman–Crippen LogP) is 1.42. The number of imide groups is 1. The van der Waals surface area contributed by atoms with E-state index in [1.54, 1.807) is 43.1 Å². The van der Waals surface area contributed by atoms with E-state index in [-0.39, 0.29) is 30.5 Å². The third-order valence-electron chi connectivity index (χ3n) is 5.47. The summed E-state index contributed by atoms with van der Waals surface area (Å²) in [6.07, 6.45) is 1.45. The highest BCUT2D eigenvalue weighted by Crippen LogP contribution is 2.18. The van der Waals surface area contributed by atoms with Crippen molar-refractivity contribution in [3.63, 3.8) is 0 Å². The van der Waals surface area contributed by atoms with Gasteiger partial charge in [0.25, 0.3) is 5.91 Å². The van der Waals surface area contributed by atoms with Gasteiger partial charge in [-0.15, -0.1) is 0 Å². The van der Waals surface area contributed by atoms with Crippen LogP contribution in [0.15, 0.2) is 36.4 Å². The largest absolute Gasteiger partial charge is 0.508 e. The van der Waals surface area contributed by atoms with Crippen molar-refractivity contribution in [2.75, 3.05) is 7.05 Å². The van der Waals surface area contributed by atoms with Crippen LogP contribution in [0.25, 0.3) is 0 Å². The molecule has 1 fully saturated rings. The van der Waals surface area contributed by atoms with Crippen LogP contribution >= 0.6 is 0 Å². The fraction of sp³-hybridized carbons (Fsp3) is 0.280. The number of phenols is 1. The summed E-state index contributed by atoms with van der Waals surface area (Å²) in [7, 11) is 1.77. The molecule has 0 aromatic heterocycles. The van der Waals surface area contributed by atoms with Crippen LogP contribution in [0.4, 0.5) is 0 Å². The number of aromatic hydroxyl groups is 1. The van der Waals surface area contributed by atoms with Crippen LogP contribution in [0.5, 0.6) is 5.75 Å². The van der Waals surface area contributed by atoms with E-state index in [9.17, 15) is 24.3 Å². The summed E-state index contributed by atoms with van der Waals surface area (Å²) in [4.78, 5) is 48.9. The Hall–Kier alpha value is -3.96. The van der Waals surface area contributed by atoms with Gasteiger partial charge in [-0.25, -0.2) is 0 Å². The quantitative estimate of drug-likeness (QED) is 0.350. The standard InChI is InChI=1S/C25H25N3O5/c1-16-11-21(30)7-5-18(16)6-9-23(31)26-13-17-3-4-19(15-29)20(12-17)14-28(2)22-8-10-24(32)27-25(22)33/h3-5,7,11-12,15,22,30H,8,10,13-14H2,1-2H3,(H,26,31)(H,27,32,33). The zero-order chi connectivity index (χ0) is 24.0. The van der Waals surface area contributed by atoms with Gasteiger partial charge in [0.2, 0.25) is 11.8 Å². The highest BCUT2D eigenvalue weighted by Gasteiger charge is 2.30. The fourth-order valence-electron chi connectivity index (χ4n) is 3.64. The smallest absolute Gasteiger partial charge is 0.296 e. The van der Waals surface area contributed by atoms with Gasteiger partial charge in [-0.3, -0.25) is 29.4 Å². The lowest BCUT2D eigenvalue weighted by Gasteiger charge is -2.30. The lowest BCUT2D eigenvalue weighted by molar-refractivity contribution is -0.137. The number of aldehydes is 1. The molecule has 1 atom stereocenters. The first-order valence-electron chi connectivity index (χ1n) is 10.5. The molecule has 8 heteroatoms. The number of piperidine rings is 1. The molecule has 3 N–H and O–H groups in total. The van der Waals surface area contributed by atoms with Crippen molar-refractivity contribution < 1.29 is 24.3 Å². The third kappa shape index (κ3) is 6.28. The van der Waals surface area contributed by atoms with Crippen LogP contribution in [0, 0.1) is 18.8 Å². The van der Waals surface area contributed by atoms with Crippen LogP contribution in [0.2, 0.25) is 0 Å². The SMILES string of the molecule is Cc1cc(O)ccc1C#CC(=O)NCc1ccc(C=O)c(CN(C)C2CCC(=O)NC2=O)c1. The summed E-state index contributed by atoms with van der Waals surface area (Å²) in [6.45, 7) is 2.35. The molecule has 33 heavy (non-hydrogen) atoms. The second-order valence-corrected chi connectivity index (χ2v) is 7.96. The maximum atomic E-state index is 12.2. The van der Waals surface area contributed by atoms with Crippen molar-refractivity contribution in [2.24, 2.45) is 0 Å². The van der Waals surface area contributed by atoms with Crippen molar-refractivity contribution in [1.82, 2.24) is 15.5 Å². The Morgan fingerprint density at radius 2 is 2.06 bits per heavy atom. The molecule has 0 bridgehead atoms. The van der Waals surface area contributed by atoms with Crippen LogP contribution in [0.1, 0.15) is 45.5 Å². The molecule has 170 valence electrons. The van der Waals surface area contributed by atoms with Crippen molar-refractivity contribution in [1.29, 1.82) is 0 Å². The molecule has 1 aliphatic rings. The maximum Gasteiger partial charge on any atom is 0.296 e. The monoisotopic (exact) mass is 447 g/mol. The Morgan fingerprint density at radius 3 is 2.76 bits per heavy atom. The summed E-state index contributed by atoms with van der Waals surface area (Å²) in [5, 5.41) is 14.5. The molecule has 1 saturated heterocycles. The summed E-state index contributed by atoms with van der Waals surface area (Å²) in [5.41, 5.74) is 3.41. The van der Waals surface area contributed by atoms with E-state index in [1.165, 1.54) is 6.07 Å². The Morgan fingerprint density at radius 1 is 1.27 bits per heavy atom. The Labute approximate surface area is 192 Å². The van der Waals surface area contributed by atoms with Gasteiger partial charge < -0.3 is 10.4 Å². The van der Waals surface area contributed by atoms with E-state index in [0.29, 0.717) is 24.1 Å². The number of rotatable bonds is 6. The summed E-state index contributed by atoms with van der Waals surface area (Å²) in [5.74, 6) is 4.39. The van der Waals surface area contributed by atoms with Gasteiger partial charge in [-0.2, -0.15) is 0 Å². The zero-order valence-electron chi connectivity index (χ0n) is 18.5. The topological polar surface area (TPSA) is 116 Å². The number of benzene rings is 2. The number of phenolic OH excluding ortho intramolecular Hbond substituents is 1. The van der Waals surface area contributed by atoms with Gasteiger partial charge in [0.1, 0.15) is 12.0 Å². The minimum atomic E-state index is -0.454. The molecular weight excluding hydrogens is 422 g/mol. The first-order valence-corrected chi connectivity index (χ1v) is 10.5. The number of hydrogen-bond acceptors (Lipinski definition) is 6. The van der Waals surface area contributed by atoms with E-state index >= 15 is 0 Å². The number of carbonyl (C=O) groups excluding carboxylic acids is 4. The molecule has 1 aliphatic heterocycles. The molecule has 1 unspecified atom stereocenters. The minimum absolute atomic E-state index is 0.139. The highest BCUT2D eigenvalue weighted by atomic mass is 16.3. The summed E-state index contributed by atoms with van der Waals surface area (Å²) in [6, 6.07) is 9.51. The molecule has 8 nitrogen and oxygen atoms in total. The van der Waals surface area contributed by atoms with E-state index in [2.05, 4.69) is 22.5 Å². The molecule has 2 aromatic carbocycles. The number of aryl methyl sites for hydroxylation is 1. The fourth-order valence-corrected chi connectivity index (χ4v) is 3.64. The molecule has 0 spiro atoms. The van der Waals surface area contributed by atoms with Gasteiger partial charge in [-0.1, -0.05) is 24.1 Å². The molecule has 1 heterocycles. The first-order chi connectivity index (χ1) is 15.8. The zero-order valence-corrected chi connectivity index (χ0v) is 18.5. The predicted molar refractivity (Wildman–Crippen MR) is 121 cm³/mol. The summed E-state index contributed by atoms with van der Waals surface area (Å²) < 4.78 is 0. The van der Waals surface area contributed by atoms with Crippen LogP contribution in [-0.2, 0) is 27.5 Å². The van der Waals surface area contributed by atoms with Crippen molar-refractivity contribution in [2.45, 2.75) is 38.9 Å². The molecular formula is C25H25N3O5. The van der Waals surface area contributed by atoms with E-state index in [4.69, 9.17) is 0 Å². The lowest BCUT2D eigenvalue weighted by atomic mass is 10.0. The van der Waals surface area contributed by atoms with Crippen molar-refractivity contribution >= 4 is 24.0 Å². The minimum Gasteiger partial charge on any atom is -0.508 e. The normalized spacial score (nSPS) is 15.4. The maximum absolute atomic E-state index is 12.2. The third-order valence-corrected chi connectivity index (χ3v) is 5.47. The molecule has 2 aromatic rings. The average molecular weight is 447 g/mol. The second kappa shape index (κ2) is 10.6. The van der Waals surface area contributed by atoms with E-state index in [1.807, 2.05) is 6.07 Å². The van der Waals surface area contributed by atoms with Gasteiger partial charge >= 0.3 is 0 Å². The number of nitrogens with zero attached hydrogens (tertiary/aromatic N) is 1. The number of likely N-dealkylation sites (N-methyl/N-ethyl adjacent to an activating group) is 1. The molecule has 3 amide bonds. The van der Waals surface area contributed by atoms with Crippen LogP contribution in [-0.4, -0.2) is 47.1 Å². The number of amides is 3. The second-order valence-electron chi connectivity index (χ2n) is 7.96. The Balaban J connectivity index is 1.65. The molecule has 0 aliphatic carbocycles. The number of hydrogen-bond donors (Lipinski definition) is 3. The van der Waals surface area contributed by atoms with Crippen LogP contribution < -0.4 is 10.6 Å². The van der Waals surface area contributed by atoms with Crippen molar-refractivity contribution in [3.8, 4) is 17.6 Å². The van der Waals surface area contributed by atoms with Gasteiger partial charge in [-0.05, 0) is 55.3 Å². The van der Waals surface area contributed by atoms with Crippen molar-refractivity contribution in [3.05, 3.63) is 64.2 Å². The van der Waals surface area contributed by atoms with Crippen LogP contribution in [0.3, 0.4) is 0 Å². The average Bonchev–Trinajstić information content (AvgIpc) is 2.77. The number of carbonyl (C=O) groups is 4. The van der Waals surface area contributed by atoms with Gasteiger partial charge in [0.05, 0.1) is 6.04 Å². The summed E-state index contributed by atoms with van der Waals surface area (Å²) >= 11 is 0. The molecule has 0 saturated carbocycles. The lowest BCUT2D eigenvalue weighted by Crippen LogP contribution is -2.51. The van der Waals surface area contributed by atoms with Gasteiger partial charge in [0.15, 0.2) is 0 Å². The Kier molecular flexibility index (Phi) is 7.59.